The van der Waals surface area contributed by atoms with E-state index in [0.717, 1.165) is 37.6 Å². The zero-order valence-electron chi connectivity index (χ0n) is 12.8. The minimum absolute atomic E-state index is 0.0761. The smallest absolute Gasteiger partial charge is 0.323 e. The van der Waals surface area contributed by atoms with Crippen molar-refractivity contribution in [3.8, 4) is 0 Å². The quantitative estimate of drug-likeness (QED) is 0.925. The van der Waals surface area contributed by atoms with Crippen LogP contribution in [0.5, 0.6) is 0 Å². The van der Waals surface area contributed by atoms with Gasteiger partial charge in [-0.1, -0.05) is 0 Å². The molecule has 6 heteroatoms. The van der Waals surface area contributed by atoms with Crippen molar-refractivity contribution in [2.24, 2.45) is 13.0 Å². The van der Waals surface area contributed by atoms with Gasteiger partial charge in [0.1, 0.15) is 0 Å². The third kappa shape index (κ3) is 3.75. The molecule has 1 N–H and O–H groups in total. The fourth-order valence-electron chi connectivity index (χ4n) is 2.63. The molecule has 2 fully saturated rings. The molecule has 1 aliphatic heterocycles. The number of hydrogen-bond donors (Lipinski definition) is 1. The maximum atomic E-state index is 12.3. The summed E-state index contributed by atoms with van der Waals surface area (Å²) in [5, 5.41) is 7.13. The Balaban J connectivity index is 1.50. The van der Waals surface area contributed by atoms with Gasteiger partial charge in [-0.15, -0.1) is 0 Å². The van der Waals surface area contributed by atoms with Crippen LogP contribution in [0.2, 0.25) is 0 Å². The molecule has 2 aliphatic rings. The number of carbonyl (C=O) groups excluding carboxylic acids is 1. The highest BCUT2D eigenvalue weighted by atomic mass is 16.5. The van der Waals surface area contributed by atoms with Crippen LogP contribution in [0.3, 0.4) is 0 Å². The number of nitrogens with one attached hydrogen (secondary N) is 1. The van der Waals surface area contributed by atoms with Gasteiger partial charge in [0.15, 0.2) is 5.82 Å². The topological polar surface area (TPSA) is 59.4 Å². The molecule has 2 heterocycles. The van der Waals surface area contributed by atoms with Crippen molar-refractivity contribution in [2.75, 3.05) is 25.0 Å². The minimum Gasteiger partial charge on any atom is -0.376 e. The first-order valence-corrected chi connectivity index (χ1v) is 7.80. The molecule has 6 nitrogen and oxygen atoms in total. The number of ether oxygens (including phenoxy) is 1. The van der Waals surface area contributed by atoms with Crippen molar-refractivity contribution in [2.45, 2.75) is 38.7 Å². The van der Waals surface area contributed by atoms with Crippen LogP contribution in [-0.2, 0) is 11.8 Å². The van der Waals surface area contributed by atoms with Crippen LogP contribution in [-0.4, -0.2) is 46.5 Å². The van der Waals surface area contributed by atoms with Gasteiger partial charge in [0.05, 0.1) is 6.10 Å². The van der Waals surface area contributed by atoms with E-state index in [1.54, 1.807) is 4.68 Å². The maximum Gasteiger partial charge on any atom is 0.323 e. The second kappa shape index (κ2) is 6.05. The van der Waals surface area contributed by atoms with E-state index in [1.165, 1.54) is 12.8 Å². The number of piperidine rings is 1. The first-order valence-electron chi connectivity index (χ1n) is 7.80. The Hall–Kier alpha value is -1.56. The lowest BCUT2D eigenvalue weighted by Crippen LogP contribution is -2.45. The van der Waals surface area contributed by atoms with Crippen molar-refractivity contribution < 1.29 is 9.53 Å². The van der Waals surface area contributed by atoms with E-state index in [1.807, 2.05) is 24.9 Å². The van der Waals surface area contributed by atoms with Gasteiger partial charge < -0.3 is 9.64 Å². The summed E-state index contributed by atoms with van der Waals surface area (Å²) in [5.41, 5.74) is 1.02. The predicted octanol–water partition coefficient (Wildman–Crippen LogP) is 2.15. The van der Waals surface area contributed by atoms with Gasteiger partial charge in [0.2, 0.25) is 0 Å². The Bertz CT molecular complexity index is 490. The van der Waals surface area contributed by atoms with E-state index in [4.69, 9.17) is 4.74 Å². The largest absolute Gasteiger partial charge is 0.376 e. The Morgan fingerprint density at radius 1 is 1.48 bits per heavy atom. The fourth-order valence-corrected chi connectivity index (χ4v) is 2.63. The van der Waals surface area contributed by atoms with Crippen molar-refractivity contribution in [3.05, 3.63) is 11.8 Å². The predicted molar refractivity (Wildman–Crippen MR) is 80.2 cm³/mol. The molecule has 0 radical (unpaired) electrons. The number of aryl methyl sites for hydroxylation is 2. The van der Waals surface area contributed by atoms with Gasteiger partial charge in [-0.05, 0) is 38.5 Å². The number of nitrogens with zero attached hydrogens (tertiary/aromatic N) is 3. The van der Waals surface area contributed by atoms with E-state index in [2.05, 4.69) is 10.4 Å². The van der Waals surface area contributed by atoms with Gasteiger partial charge in [-0.25, -0.2) is 4.79 Å². The highest BCUT2D eigenvalue weighted by Crippen LogP contribution is 2.30. The number of anilines is 1. The van der Waals surface area contributed by atoms with Crippen molar-refractivity contribution in [1.29, 1.82) is 0 Å². The summed E-state index contributed by atoms with van der Waals surface area (Å²) in [4.78, 5) is 14.1. The number of aromatic nitrogens is 2. The molecule has 0 aromatic carbocycles. The Labute approximate surface area is 125 Å². The van der Waals surface area contributed by atoms with Crippen LogP contribution >= 0.6 is 0 Å². The molecule has 1 aromatic heterocycles. The van der Waals surface area contributed by atoms with Crippen LogP contribution in [0.1, 0.15) is 31.4 Å². The Morgan fingerprint density at radius 3 is 2.95 bits per heavy atom. The van der Waals surface area contributed by atoms with E-state index in [9.17, 15) is 4.79 Å². The molecule has 0 bridgehead atoms. The average Bonchev–Trinajstić information content (AvgIpc) is 3.24. The first-order chi connectivity index (χ1) is 10.1. The molecule has 1 atom stereocenters. The number of amides is 2. The fraction of sp³-hybridized carbons (Fsp3) is 0.733. The lowest BCUT2D eigenvalue weighted by Gasteiger charge is -2.32. The maximum absolute atomic E-state index is 12.3. The molecule has 1 aromatic rings. The number of rotatable bonds is 4. The summed E-state index contributed by atoms with van der Waals surface area (Å²) in [6.45, 7) is 4.30. The Morgan fingerprint density at radius 2 is 2.29 bits per heavy atom. The molecule has 1 saturated heterocycles. The van der Waals surface area contributed by atoms with Gasteiger partial charge >= 0.3 is 6.03 Å². The van der Waals surface area contributed by atoms with Crippen LogP contribution < -0.4 is 5.32 Å². The average molecular weight is 292 g/mol. The van der Waals surface area contributed by atoms with Crippen LogP contribution in [0, 0.1) is 12.8 Å². The lowest BCUT2D eigenvalue weighted by molar-refractivity contribution is 0.00596. The number of likely N-dealkylation sites (tertiary alicyclic amines) is 1. The second-order valence-electron chi connectivity index (χ2n) is 6.21. The van der Waals surface area contributed by atoms with Gasteiger partial charge in [0, 0.05) is 38.5 Å². The van der Waals surface area contributed by atoms with Gasteiger partial charge in [-0.3, -0.25) is 10.00 Å². The normalized spacial score (nSPS) is 22.4. The van der Waals surface area contributed by atoms with E-state index in [-0.39, 0.29) is 12.1 Å². The number of hydrogen-bond acceptors (Lipinski definition) is 3. The van der Waals surface area contributed by atoms with Crippen LogP contribution in [0.25, 0.3) is 0 Å². The van der Waals surface area contributed by atoms with E-state index in [0.29, 0.717) is 12.4 Å². The summed E-state index contributed by atoms with van der Waals surface area (Å²) in [6.07, 6.45) is 4.85. The highest BCUT2D eigenvalue weighted by Gasteiger charge is 2.27. The first kappa shape index (κ1) is 14.4. The molecular weight excluding hydrogens is 268 g/mol. The summed E-state index contributed by atoms with van der Waals surface area (Å²) < 4.78 is 7.68. The third-order valence-corrected chi connectivity index (χ3v) is 4.28. The van der Waals surface area contributed by atoms with Gasteiger partial charge in [-0.2, -0.15) is 5.10 Å². The number of carbonyl (C=O) groups is 1. The summed E-state index contributed by atoms with van der Waals surface area (Å²) >= 11 is 0. The molecule has 0 spiro atoms. The molecule has 116 valence electrons. The number of urea groups is 1. The zero-order chi connectivity index (χ0) is 14.8. The SMILES string of the molecule is Cc1cc(NC(=O)N2CCCC(OCC3CC3)C2)nn1C. The summed E-state index contributed by atoms with van der Waals surface area (Å²) in [5.74, 6) is 1.38. The van der Waals surface area contributed by atoms with Crippen LogP contribution in [0.4, 0.5) is 10.6 Å². The van der Waals surface area contributed by atoms with E-state index >= 15 is 0 Å². The monoisotopic (exact) mass is 292 g/mol. The lowest BCUT2D eigenvalue weighted by atomic mass is 10.1. The summed E-state index contributed by atoms with van der Waals surface area (Å²) in [7, 11) is 1.87. The third-order valence-electron chi connectivity index (χ3n) is 4.28. The molecule has 3 rings (SSSR count). The standard InChI is InChI=1S/C15H24N4O2/c1-11-8-14(17-18(11)2)16-15(20)19-7-3-4-13(9-19)21-10-12-5-6-12/h8,12-13H,3-7,9-10H2,1-2H3,(H,16,17,20). The van der Waals surface area contributed by atoms with Crippen molar-refractivity contribution in [1.82, 2.24) is 14.7 Å². The summed E-state index contributed by atoms with van der Waals surface area (Å²) in [6, 6.07) is 1.80. The van der Waals surface area contributed by atoms with Gasteiger partial charge in [0.25, 0.3) is 0 Å². The van der Waals surface area contributed by atoms with Crippen LogP contribution in [0.15, 0.2) is 6.07 Å². The van der Waals surface area contributed by atoms with Crippen molar-refractivity contribution in [3.63, 3.8) is 0 Å². The minimum atomic E-state index is -0.0761. The Kier molecular flexibility index (Phi) is 4.14. The van der Waals surface area contributed by atoms with Crippen molar-refractivity contribution >= 4 is 11.8 Å². The molecule has 1 aliphatic carbocycles. The highest BCUT2D eigenvalue weighted by molar-refractivity contribution is 5.88. The molecule has 2 amide bonds. The molecule has 21 heavy (non-hydrogen) atoms. The molecule has 1 unspecified atom stereocenters. The zero-order valence-corrected chi connectivity index (χ0v) is 12.8. The molecular formula is C15H24N4O2. The second-order valence-corrected chi connectivity index (χ2v) is 6.21. The van der Waals surface area contributed by atoms with E-state index < -0.39 is 0 Å². The molecule has 1 saturated carbocycles.